The third-order valence-electron chi connectivity index (χ3n) is 12.0. The number of nitrogens with zero attached hydrogens (tertiary/aromatic N) is 6. The van der Waals surface area contributed by atoms with Crippen LogP contribution < -0.4 is 14.4 Å². The van der Waals surface area contributed by atoms with Gasteiger partial charge in [0.15, 0.2) is 12.6 Å². The predicted molar refractivity (Wildman–Crippen MR) is 215 cm³/mol. The molecule has 4 aliphatic rings. The number of piperazine rings is 1. The Morgan fingerprint density at radius 1 is 0.983 bits per heavy atom. The van der Waals surface area contributed by atoms with Crippen molar-refractivity contribution in [1.82, 2.24) is 24.8 Å². The molecule has 2 aromatic carbocycles. The number of aromatic nitrogens is 3. The van der Waals surface area contributed by atoms with Gasteiger partial charge >= 0.3 is 18.3 Å². The molecule has 4 aromatic rings. The van der Waals surface area contributed by atoms with Gasteiger partial charge in [-0.15, -0.1) is 6.42 Å². The molecule has 1 atom stereocenters. The summed E-state index contributed by atoms with van der Waals surface area (Å²) in [5.74, 6) is 1.39. The second-order valence-electron chi connectivity index (χ2n) is 17.6. The number of halogens is 5. The number of piperidine rings is 1. The standard InChI is InChI=1S/C44H49F5N6O5/c1-6-30-32(45)9-7-27-19-29(59-25-57-5)20-31(34(27)30)37-36(46)38-35-33(50-37)10-8-28-22-54(41(56)60-42(2,3)4)17-18-55(28)39(35)52-40(51-38)58-24-43(13-14-43)23-53-15-11-26(12-16-53)21-44(47,48)49/h1,7,9,19-20,26,28H,8,10-18,21-25H2,2-5H3/t28-/m1/s1. The molecule has 60 heavy (non-hydrogen) atoms. The fourth-order valence-corrected chi connectivity index (χ4v) is 8.86. The van der Waals surface area contributed by atoms with Crippen molar-refractivity contribution in [3.63, 3.8) is 0 Å². The van der Waals surface area contributed by atoms with Crippen LogP contribution in [0.15, 0.2) is 24.3 Å². The van der Waals surface area contributed by atoms with Crippen LogP contribution in [0.4, 0.5) is 32.6 Å². The van der Waals surface area contributed by atoms with E-state index in [1.165, 1.54) is 13.2 Å². The number of anilines is 1. The molecule has 320 valence electrons. The summed E-state index contributed by atoms with van der Waals surface area (Å²) < 4.78 is 95.0. The largest absolute Gasteiger partial charge is 0.468 e. The minimum absolute atomic E-state index is 0.0307. The minimum atomic E-state index is -4.17. The number of benzene rings is 2. The van der Waals surface area contributed by atoms with Crippen LogP contribution in [0.5, 0.6) is 11.8 Å². The first-order chi connectivity index (χ1) is 28.5. The molecule has 2 saturated heterocycles. The highest BCUT2D eigenvalue weighted by molar-refractivity contribution is 6.03. The van der Waals surface area contributed by atoms with Crippen molar-refractivity contribution in [2.24, 2.45) is 11.3 Å². The number of ether oxygens (including phenoxy) is 4. The van der Waals surface area contributed by atoms with Gasteiger partial charge in [-0.2, -0.15) is 23.1 Å². The Morgan fingerprint density at radius 2 is 1.75 bits per heavy atom. The first-order valence-corrected chi connectivity index (χ1v) is 20.5. The maximum atomic E-state index is 17.5. The maximum Gasteiger partial charge on any atom is 0.410 e. The second-order valence-corrected chi connectivity index (χ2v) is 17.6. The molecule has 0 spiro atoms. The smallest absolute Gasteiger partial charge is 0.410 e. The lowest BCUT2D eigenvalue weighted by molar-refractivity contribution is -0.147. The molecule has 1 saturated carbocycles. The molecule has 8 rings (SSSR count). The number of carbonyl (C=O) groups excluding carboxylic acids is 1. The summed E-state index contributed by atoms with van der Waals surface area (Å²) in [6, 6.07) is 5.76. The van der Waals surface area contributed by atoms with E-state index in [0.717, 1.165) is 12.8 Å². The van der Waals surface area contributed by atoms with Crippen molar-refractivity contribution < 1.29 is 45.7 Å². The zero-order chi connectivity index (χ0) is 42.6. The van der Waals surface area contributed by atoms with Crippen molar-refractivity contribution in [3.8, 4) is 35.4 Å². The lowest BCUT2D eigenvalue weighted by atomic mass is 9.92. The van der Waals surface area contributed by atoms with Crippen LogP contribution in [-0.4, -0.2) is 108 Å². The Bertz CT molecular complexity index is 2330. The van der Waals surface area contributed by atoms with Gasteiger partial charge < -0.3 is 33.6 Å². The summed E-state index contributed by atoms with van der Waals surface area (Å²) in [4.78, 5) is 33.8. The first-order valence-electron chi connectivity index (χ1n) is 20.5. The van der Waals surface area contributed by atoms with Crippen LogP contribution in [0.3, 0.4) is 0 Å². The van der Waals surface area contributed by atoms with Gasteiger partial charge in [0, 0.05) is 62.1 Å². The number of amides is 1. The number of terminal acetylenes is 1. The Kier molecular flexibility index (Phi) is 11.2. The number of carbonyl (C=O) groups is 1. The summed E-state index contributed by atoms with van der Waals surface area (Å²) in [6.45, 7) is 8.45. The lowest BCUT2D eigenvalue weighted by Crippen LogP contribution is -2.55. The molecule has 1 aliphatic carbocycles. The molecule has 3 aliphatic heterocycles. The Balaban J connectivity index is 1.18. The Morgan fingerprint density at radius 3 is 2.43 bits per heavy atom. The van der Waals surface area contributed by atoms with Gasteiger partial charge in [0.2, 0.25) is 0 Å². The highest BCUT2D eigenvalue weighted by Crippen LogP contribution is 2.48. The highest BCUT2D eigenvalue weighted by Gasteiger charge is 2.46. The van der Waals surface area contributed by atoms with Crippen molar-refractivity contribution in [2.75, 3.05) is 64.7 Å². The van der Waals surface area contributed by atoms with Crippen LogP contribution >= 0.6 is 0 Å². The molecule has 1 amide bonds. The summed E-state index contributed by atoms with van der Waals surface area (Å²) in [6.07, 6.45) is 4.10. The van der Waals surface area contributed by atoms with Gasteiger partial charge in [-0.3, -0.25) is 0 Å². The monoisotopic (exact) mass is 836 g/mol. The molecule has 16 heteroatoms. The van der Waals surface area contributed by atoms with E-state index in [0.29, 0.717) is 93.0 Å². The second kappa shape index (κ2) is 16.1. The van der Waals surface area contributed by atoms with Gasteiger partial charge in [-0.25, -0.2) is 18.6 Å². The number of likely N-dealkylation sites (tertiary alicyclic amines) is 1. The number of fused-ring (bicyclic) bond motifs is 3. The Labute approximate surface area is 345 Å². The van der Waals surface area contributed by atoms with Crippen molar-refractivity contribution in [3.05, 3.63) is 47.2 Å². The van der Waals surface area contributed by atoms with Gasteiger partial charge in [0.1, 0.15) is 34.2 Å². The molecule has 0 radical (unpaired) electrons. The number of pyridine rings is 1. The van der Waals surface area contributed by atoms with Crippen molar-refractivity contribution >= 4 is 33.6 Å². The van der Waals surface area contributed by atoms with Crippen molar-refractivity contribution in [2.45, 2.75) is 83.5 Å². The lowest BCUT2D eigenvalue weighted by Gasteiger charge is -2.41. The number of methoxy groups -OCH3 is 1. The van der Waals surface area contributed by atoms with E-state index in [2.05, 4.69) is 15.7 Å². The third-order valence-corrected chi connectivity index (χ3v) is 12.0. The first kappa shape index (κ1) is 41.7. The molecule has 5 heterocycles. The quantitative estimate of drug-likeness (QED) is 0.0882. The van der Waals surface area contributed by atoms with Crippen LogP contribution in [0.2, 0.25) is 0 Å². The van der Waals surface area contributed by atoms with E-state index in [-0.39, 0.29) is 64.5 Å². The van der Waals surface area contributed by atoms with Crippen LogP contribution in [-0.2, 0) is 15.9 Å². The molecule has 0 N–H and O–H groups in total. The molecular weight excluding hydrogens is 788 g/mol. The number of alkyl halides is 3. The zero-order valence-electron chi connectivity index (χ0n) is 34.3. The van der Waals surface area contributed by atoms with Crippen molar-refractivity contribution in [1.29, 1.82) is 0 Å². The molecular formula is C44H49F5N6O5. The van der Waals surface area contributed by atoms with Gasteiger partial charge in [-0.05, 0) is 102 Å². The number of rotatable bonds is 10. The molecule has 2 aromatic heterocycles. The fourth-order valence-electron chi connectivity index (χ4n) is 8.86. The zero-order valence-corrected chi connectivity index (χ0v) is 34.3. The predicted octanol–water partition coefficient (Wildman–Crippen LogP) is 8.28. The SMILES string of the molecule is C#Cc1c(F)ccc2cc(OCOC)cc(-c3nc4c5c(nc(OCC6(CN7CCC(CC(F)(F)F)CC7)CC6)nc5c3F)N3CCN(C(=O)OC(C)(C)C)C[C@H]3CC4)c12. The molecule has 0 bridgehead atoms. The summed E-state index contributed by atoms with van der Waals surface area (Å²) in [5.41, 5.74) is -0.392. The average molecular weight is 837 g/mol. The van der Waals surface area contributed by atoms with Crippen LogP contribution in [0, 0.1) is 35.3 Å². The fraction of sp³-hybridized carbons (Fsp3) is 0.545. The minimum Gasteiger partial charge on any atom is -0.468 e. The van der Waals surface area contributed by atoms with E-state index >= 15 is 8.78 Å². The molecule has 0 unspecified atom stereocenters. The summed E-state index contributed by atoms with van der Waals surface area (Å²) in [7, 11) is 1.47. The number of hydrogen-bond acceptors (Lipinski definition) is 10. The van der Waals surface area contributed by atoms with E-state index < -0.39 is 35.9 Å². The number of aryl methyl sites for hydroxylation is 1. The Hall–Kier alpha value is -5.01. The maximum absolute atomic E-state index is 17.5. The van der Waals surface area contributed by atoms with Gasteiger partial charge in [-0.1, -0.05) is 12.0 Å². The van der Waals surface area contributed by atoms with E-state index in [1.54, 1.807) is 23.1 Å². The normalized spacial score (nSPS) is 19.5. The average Bonchev–Trinajstić information content (AvgIpc) is 3.99. The van der Waals surface area contributed by atoms with E-state index in [1.807, 2.05) is 20.8 Å². The summed E-state index contributed by atoms with van der Waals surface area (Å²) >= 11 is 0. The van der Waals surface area contributed by atoms with E-state index in [9.17, 15) is 18.0 Å². The number of hydrogen-bond donors (Lipinski definition) is 0. The highest BCUT2D eigenvalue weighted by atomic mass is 19.4. The van der Waals surface area contributed by atoms with Crippen LogP contribution in [0.25, 0.3) is 32.9 Å². The molecule has 3 fully saturated rings. The third kappa shape index (κ3) is 8.74. The van der Waals surface area contributed by atoms with E-state index in [4.69, 9.17) is 40.3 Å². The van der Waals surface area contributed by atoms with Gasteiger partial charge in [0.05, 0.1) is 23.3 Å². The van der Waals surface area contributed by atoms with Gasteiger partial charge in [0.25, 0.3) is 0 Å². The summed E-state index contributed by atoms with van der Waals surface area (Å²) in [5, 5.41) is 1.20. The van der Waals surface area contributed by atoms with Crippen LogP contribution in [0.1, 0.15) is 70.6 Å². The topological polar surface area (TPSA) is 102 Å². The molecule has 11 nitrogen and oxygen atoms in total.